The molecule has 2 unspecified atom stereocenters. The van der Waals surface area contributed by atoms with E-state index >= 15 is 0 Å². The van der Waals surface area contributed by atoms with E-state index in [-0.39, 0.29) is 0 Å². The van der Waals surface area contributed by atoms with Crippen LogP contribution in [0.25, 0.3) is 0 Å². The number of aldehydes is 2. The molecule has 0 fully saturated rings. The van der Waals surface area contributed by atoms with Gasteiger partial charge in [0.2, 0.25) is 0 Å². The molecule has 0 saturated heterocycles. The molecule has 0 aromatic carbocycles. The molecular formula is C16H30O2. The highest BCUT2D eigenvalue weighted by Gasteiger charge is 2.17. The molecule has 0 spiro atoms. The Hall–Kier alpha value is -0.660. The number of carbonyl (C=O) groups excluding carboxylic acids is 2. The van der Waals surface area contributed by atoms with Gasteiger partial charge in [0, 0.05) is 12.8 Å². The van der Waals surface area contributed by atoms with Gasteiger partial charge in [0.05, 0.1) is 0 Å². The normalized spacial score (nSPS) is 14.1. The number of hydrogen-bond acceptors (Lipinski definition) is 2. The zero-order valence-corrected chi connectivity index (χ0v) is 12.2. The third-order valence-electron chi connectivity index (χ3n) is 4.01. The van der Waals surface area contributed by atoms with Gasteiger partial charge in [-0.15, -0.1) is 0 Å². The van der Waals surface area contributed by atoms with E-state index in [1.165, 1.54) is 38.5 Å². The van der Waals surface area contributed by atoms with Crippen LogP contribution in [0.3, 0.4) is 0 Å². The Balaban J connectivity index is 3.88. The summed E-state index contributed by atoms with van der Waals surface area (Å²) in [7, 11) is 0. The van der Waals surface area contributed by atoms with Crippen LogP contribution in [0.15, 0.2) is 0 Å². The van der Waals surface area contributed by atoms with Crippen LogP contribution in [0.1, 0.15) is 78.1 Å². The second-order valence-electron chi connectivity index (χ2n) is 5.24. The molecular weight excluding hydrogens is 224 g/mol. The van der Waals surface area contributed by atoms with Crippen LogP contribution < -0.4 is 0 Å². The molecule has 18 heavy (non-hydrogen) atoms. The van der Waals surface area contributed by atoms with E-state index in [4.69, 9.17) is 0 Å². The molecule has 2 heteroatoms. The minimum absolute atomic E-state index is 0.715. The van der Waals surface area contributed by atoms with E-state index in [2.05, 4.69) is 13.8 Å². The largest absolute Gasteiger partial charge is 0.303 e. The van der Waals surface area contributed by atoms with Crippen LogP contribution in [-0.4, -0.2) is 12.6 Å². The Bertz CT molecular complexity index is 179. The fourth-order valence-electron chi connectivity index (χ4n) is 2.81. The summed E-state index contributed by atoms with van der Waals surface area (Å²) >= 11 is 0. The lowest BCUT2D eigenvalue weighted by Gasteiger charge is -2.25. The van der Waals surface area contributed by atoms with E-state index in [1.807, 2.05) is 0 Å². The number of unbranched alkanes of at least 4 members (excludes halogenated alkanes) is 4. The highest BCUT2D eigenvalue weighted by Crippen LogP contribution is 2.29. The quantitative estimate of drug-likeness (QED) is 0.357. The number of rotatable bonds is 13. The van der Waals surface area contributed by atoms with Gasteiger partial charge in [0.15, 0.2) is 0 Å². The van der Waals surface area contributed by atoms with Crippen molar-refractivity contribution in [2.45, 2.75) is 78.1 Å². The predicted octanol–water partition coefficient (Wildman–Crippen LogP) is 4.56. The van der Waals surface area contributed by atoms with Crippen LogP contribution >= 0.6 is 0 Å². The molecule has 2 nitrogen and oxygen atoms in total. The molecule has 0 aliphatic rings. The maximum atomic E-state index is 10.3. The summed E-state index contributed by atoms with van der Waals surface area (Å²) in [6.45, 7) is 4.55. The van der Waals surface area contributed by atoms with Crippen molar-refractivity contribution in [2.75, 3.05) is 0 Å². The summed E-state index contributed by atoms with van der Waals surface area (Å²) in [5, 5.41) is 0. The highest BCUT2D eigenvalue weighted by atomic mass is 16.1. The van der Waals surface area contributed by atoms with Crippen LogP contribution in [0.4, 0.5) is 0 Å². The summed E-state index contributed by atoms with van der Waals surface area (Å²) in [5.74, 6) is 1.61. The molecule has 0 amide bonds. The minimum Gasteiger partial charge on any atom is -0.303 e. The van der Waals surface area contributed by atoms with E-state index in [1.54, 1.807) is 0 Å². The first-order chi connectivity index (χ1) is 8.79. The predicted molar refractivity (Wildman–Crippen MR) is 76.6 cm³/mol. The summed E-state index contributed by atoms with van der Waals surface area (Å²) < 4.78 is 0. The highest BCUT2D eigenvalue weighted by molar-refractivity contribution is 5.49. The second kappa shape index (κ2) is 12.8. The van der Waals surface area contributed by atoms with Crippen molar-refractivity contribution in [1.29, 1.82) is 0 Å². The van der Waals surface area contributed by atoms with Crippen molar-refractivity contribution in [3.8, 4) is 0 Å². The van der Waals surface area contributed by atoms with Crippen molar-refractivity contribution >= 4 is 12.6 Å². The Kier molecular flexibility index (Phi) is 12.3. The molecule has 0 rings (SSSR count). The molecule has 0 radical (unpaired) electrons. The summed E-state index contributed by atoms with van der Waals surface area (Å²) in [6, 6.07) is 0. The van der Waals surface area contributed by atoms with Crippen LogP contribution in [0.5, 0.6) is 0 Å². The summed E-state index contributed by atoms with van der Waals surface area (Å²) in [4.78, 5) is 20.6. The first kappa shape index (κ1) is 17.3. The topological polar surface area (TPSA) is 34.1 Å². The molecule has 0 aliphatic carbocycles. The Morgan fingerprint density at radius 2 is 1.11 bits per heavy atom. The lowest BCUT2D eigenvalue weighted by molar-refractivity contribution is -0.108. The first-order valence-corrected chi connectivity index (χ1v) is 7.67. The van der Waals surface area contributed by atoms with Gasteiger partial charge in [0.25, 0.3) is 0 Å². The summed E-state index contributed by atoms with van der Waals surface area (Å²) in [5.41, 5.74) is 0. The number of hydrogen-bond donors (Lipinski definition) is 0. The molecule has 0 heterocycles. The van der Waals surface area contributed by atoms with Crippen LogP contribution in [0.2, 0.25) is 0 Å². The average Bonchev–Trinajstić information content (AvgIpc) is 2.40. The molecule has 0 aromatic rings. The maximum absolute atomic E-state index is 10.3. The van der Waals surface area contributed by atoms with Gasteiger partial charge in [-0.25, -0.2) is 0 Å². The third-order valence-corrected chi connectivity index (χ3v) is 4.01. The van der Waals surface area contributed by atoms with E-state index < -0.39 is 0 Å². The molecule has 2 atom stereocenters. The lowest BCUT2D eigenvalue weighted by Crippen LogP contribution is -2.13. The van der Waals surface area contributed by atoms with Crippen LogP contribution in [0, 0.1) is 11.8 Å². The Labute approximate surface area is 113 Å². The van der Waals surface area contributed by atoms with Gasteiger partial charge in [-0.3, -0.25) is 0 Å². The Morgan fingerprint density at radius 1 is 0.722 bits per heavy atom. The third kappa shape index (κ3) is 8.43. The molecule has 0 bridgehead atoms. The average molecular weight is 254 g/mol. The fourth-order valence-corrected chi connectivity index (χ4v) is 2.81. The fraction of sp³-hybridized carbons (Fsp3) is 0.875. The molecule has 0 saturated carbocycles. The van der Waals surface area contributed by atoms with Crippen molar-refractivity contribution in [3.05, 3.63) is 0 Å². The second-order valence-corrected chi connectivity index (χ2v) is 5.24. The zero-order chi connectivity index (χ0) is 13.6. The monoisotopic (exact) mass is 254 g/mol. The van der Waals surface area contributed by atoms with Crippen molar-refractivity contribution in [3.63, 3.8) is 0 Å². The van der Waals surface area contributed by atoms with Gasteiger partial charge < -0.3 is 9.59 Å². The maximum Gasteiger partial charge on any atom is 0.119 e. The van der Waals surface area contributed by atoms with Crippen molar-refractivity contribution < 1.29 is 9.59 Å². The van der Waals surface area contributed by atoms with Gasteiger partial charge in [0.1, 0.15) is 12.6 Å². The van der Waals surface area contributed by atoms with Gasteiger partial charge in [-0.2, -0.15) is 0 Å². The standard InChI is InChI=1S/C16H30O2/c1-3-15(11-7-5-9-13-17)16(4-2)12-8-6-10-14-18/h13-16H,3-12H2,1-2H3. The van der Waals surface area contributed by atoms with Crippen molar-refractivity contribution in [2.24, 2.45) is 11.8 Å². The molecule has 0 aromatic heterocycles. The van der Waals surface area contributed by atoms with Crippen molar-refractivity contribution in [1.82, 2.24) is 0 Å². The van der Waals surface area contributed by atoms with E-state index in [0.29, 0.717) is 12.8 Å². The SMILES string of the molecule is CCC(CCCCC=O)C(CC)CCCCC=O. The number of carbonyl (C=O) groups is 2. The van der Waals surface area contributed by atoms with Crippen LogP contribution in [-0.2, 0) is 9.59 Å². The lowest BCUT2D eigenvalue weighted by atomic mass is 9.81. The van der Waals surface area contributed by atoms with E-state index in [9.17, 15) is 9.59 Å². The summed E-state index contributed by atoms with van der Waals surface area (Å²) in [6.07, 6.45) is 12.9. The molecule has 106 valence electrons. The smallest absolute Gasteiger partial charge is 0.119 e. The zero-order valence-electron chi connectivity index (χ0n) is 12.2. The van der Waals surface area contributed by atoms with Gasteiger partial charge in [-0.1, -0.05) is 52.4 Å². The molecule has 0 aliphatic heterocycles. The first-order valence-electron chi connectivity index (χ1n) is 7.67. The Morgan fingerprint density at radius 3 is 1.39 bits per heavy atom. The van der Waals surface area contributed by atoms with E-state index in [0.717, 1.165) is 37.2 Å². The minimum atomic E-state index is 0.715. The van der Waals surface area contributed by atoms with Gasteiger partial charge in [-0.05, 0) is 24.7 Å². The molecule has 0 N–H and O–H groups in total. The van der Waals surface area contributed by atoms with Gasteiger partial charge >= 0.3 is 0 Å².